The van der Waals surface area contributed by atoms with E-state index in [-0.39, 0.29) is 17.8 Å². The molecule has 1 aliphatic heterocycles. The number of carbonyl (C=O) groups excluding carboxylic acids is 1. The molecule has 6 heteroatoms. The average Bonchev–Trinajstić information content (AvgIpc) is 3.08. The van der Waals surface area contributed by atoms with Crippen LogP contribution in [-0.4, -0.2) is 40.0 Å². The molecular formula is C19H25FN4O. The Morgan fingerprint density at radius 2 is 2.36 bits per heavy atom. The molecule has 1 aromatic carbocycles. The monoisotopic (exact) mass is 344 g/mol. The highest BCUT2D eigenvalue weighted by Crippen LogP contribution is 2.24. The lowest BCUT2D eigenvalue weighted by Crippen LogP contribution is -2.44. The van der Waals surface area contributed by atoms with Crippen molar-refractivity contribution in [1.82, 2.24) is 19.8 Å². The highest BCUT2D eigenvalue weighted by Gasteiger charge is 2.24. The minimum absolute atomic E-state index is 0.00316. The molecule has 0 bridgehead atoms. The Balaban J connectivity index is 1.53. The summed E-state index contributed by atoms with van der Waals surface area (Å²) in [7, 11) is 1.75. The number of hydrogen-bond acceptors (Lipinski definition) is 3. The lowest BCUT2D eigenvalue weighted by atomic mass is 9.98. The van der Waals surface area contributed by atoms with Crippen LogP contribution in [0.4, 0.5) is 4.39 Å². The van der Waals surface area contributed by atoms with Crippen LogP contribution in [0.5, 0.6) is 0 Å². The first-order chi connectivity index (χ1) is 12.0. The Hall–Kier alpha value is -2.21. The molecule has 1 aliphatic rings. The highest BCUT2D eigenvalue weighted by molar-refractivity contribution is 5.81. The standard InChI is InChI=1S/C19H25FN4O/c1-14(19(25)23(2)13-15-5-3-7-17(20)11-15)22-12-16-6-4-9-24-10-8-21-18(16)24/h3,5,7-8,10-11,14,16,22H,4,6,9,12-13H2,1-2H3/t14-,16-/m0/s1. The summed E-state index contributed by atoms with van der Waals surface area (Å²) < 4.78 is 15.5. The van der Waals surface area contributed by atoms with Gasteiger partial charge in [-0.05, 0) is 37.5 Å². The van der Waals surface area contributed by atoms with Gasteiger partial charge >= 0.3 is 0 Å². The van der Waals surface area contributed by atoms with Gasteiger partial charge in [-0.2, -0.15) is 0 Å². The lowest BCUT2D eigenvalue weighted by Gasteiger charge is -2.27. The van der Waals surface area contributed by atoms with Crippen molar-refractivity contribution in [3.63, 3.8) is 0 Å². The molecule has 1 N–H and O–H groups in total. The number of amides is 1. The zero-order valence-electron chi connectivity index (χ0n) is 14.8. The van der Waals surface area contributed by atoms with Crippen LogP contribution in [0.3, 0.4) is 0 Å². The van der Waals surface area contributed by atoms with E-state index in [1.54, 1.807) is 18.0 Å². The van der Waals surface area contributed by atoms with Gasteiger partial charge in [-0.25, -0.2) is 9.37 Å². The molecule has 1 aromatic heterocycles. The van der Waals surface area contributed by atoms with E-state index in [1.165, 1.54) is 12.1 Å². The van der Waals surface area contributed by atoms with Gasteiger partial charge in [0.1, 0.15) is 11.6 Å². The number of rotatable bonds is 6. The molecule has 0 aliphatic carbocycles. The van der Waals surface area contributed by atoms with E-state index in [9.17, 15) is 9.18 Å². The molecule has 3 rings (SSSR count). The third-order valence-corrected chi connectivity index (χ3v) is 4.79. The Morgan fingerprint density at radius 1 is 1.52 bits per heavy atom. The number of aryl methyl sites for hydroxylation is 1. The summed E-state index contributed by atoms with van der Waals surface area (Å²) in [4.78, 5) is 18.6. The largest absolute Gasteiger partial charge is 0.340 e. The van der Waals surface area contributed by atoms with Gasteiger partial charge in [0.05, 0.1) is 6.04 Å². The van der Waals surface area contributed by atoms with E-state index < -0.39 is 0 Å². The van der Waals surface area contributed by atoms with Crippen molar-refractivity contribution in [2.24, 2.45) is 0 Å². The maximum absolute atomic E-state index is 13.3. The van der Waals surface area contributed by atoms with Crippen molar-refractivity contribution in [2.75, 3.05) is 13.6 Å². The molecule has 5 nitrogen and oxygen atoms in total. The number of likely N-dealkylation sites (N-methyl/N-ethyl adjacent to an activating group) is 1. The van der Waals surface area contributed by atoms with Gasteiger partial charge in [-0.15, -0.1) is 0 Å². The van der Waals surface area contributed by atoms with Crippen LogP contribution in [0, 0.1) is 5.82 Å². The minimum Gasteiger partial charge on any atom is -0.340 e. The number of nitrogens with zero attached hydrogens (tertiary/aromatic N) is 3. The number of fused-ring (bicyclic) bond motifs is 1. The number of halogens is 1. The van der Waals surface area contributed by atoms with Gasteiger partial charge < -0.3 is 14.8 Å². The maximum atomic E-state index is 13.3. The van der Waals surface area contributed by atoms with Crippen molar-refractivity contribution in [1.29, 1.82) is 0 Å². The topological polar surface area (TPSA) is 50.2 Å². The summed E-state index contributed by atoms with van der Waals surface area (Å²) in [6.45, 7) is 4.03. The molecule has 0 unspecified atom stereocenters. The fourth-order valence-corrected chi connectivity index (χ4v) is 3.42. The fourth-order valence-electron chi connectivity index (χ4n) is 3.42. The van der Waals surface area contributed by atoms with Crippen LogP contribution in [0.25, 0.3) is 0 Å². The summed E-state index contributed by atoms with van der Waals surface area (Å²) in [5.74, 6) is 1.17. The maximum Gasteiger partial charge on any atom is 0.239 e. The molecule has 0 fully saturated rings. The summed E-state index contributed by atoms with van der Waals surface area (Å²) in [5.41, 5.74) is 0.789. The van der Waals surface area contributed by atoms with E-state index in [1.807, 2.05) is 25.4 Å². The van der Waals surface area contributed by atoms with Gasteiger partial charge in [-0.1, -0.05) is 12.1 Å². The van der Waals surface area contributed by atoms with E-state index >= 15 is 0 Å². The second-order valence-corrected chi connectivity index (χ2v) is 6.77. The minimum atomic E-state index is -0.288. The molecule has 25 heavy (non-hydrogen) atoms. The summed E-state index contributed by atoms with van der Waals surface area (Å²) in [6.07, 6.45) is 6.08. The molecular weight excluding hydrogens is 319 g/mol. The van der Waals surface area contributed by atoms with Crippen LogP contribution >= 0.6 is 0 Å². The van der Waals surface area contributed by atoms with Crippen LogP contribution < -0.4 is 5.32 Å². The zero-order chi connectivity index (χ0) is 17.8. The van der Waals surface area contributed by atoms with E-state index in [0.29, 0.717) is 12.5 Å². The number of nitrogens with one attached hydrogen (secondary N) is 1. The third-order valence-electron chi connectivity index (χ3n) is 4.79. The SMILES string of the molecule is C[C@H](NC[C@@H]1CCCn2ccnc21)C(=O)N(C)Cc1cccc(F)c1. The average molecular weight is 344 g/mol. The Kier molecular flexibility index (Phi) is 5.48. The van der Waals surface area contributed by atoms with E-state index in [2.05, 4.69) is 14.9 Å². The molecule has 134 valence electrons. The van der Waals surface area contributed by atoms with Gasteiger partial charge in [-0.3, -0.25) is 4.79 Å². The van der Waals surface area contributed by atoms with Crippen LogP contribution in [0.2, 0.25) is 0 Å². The third kappa shape index (κ3) is 4.25. The van der Waals surface area contributed by atoms with Crippen molar-refractivity contribution in [3.8, 4) is 0 Å². The Morgan fingerprint density at radius 3 is 3.16 bits per heavy atom. The first-order valence-corrected chi connectivity index (χ1v) is 8.78. The van der Waals surface area contributed by atoms with E-state index in [4.69, 9.17) is 0 Å². The van der Waals surface area contributed by atoms with Gasteiger partial charge in [0.15, 0.2) is 0 Å². The molecule has 0 saturated carbocycles. The second kappa shape index (κ2) is 7.78. The predicted octanol–water partition coefficient (Wildman–Crippen LogP) is 2.54. The first-order valence-electron chi connectivity index (χ1n) is 8.78. The zero-order valence-corrected chi connectivity index (χ0v) is 14.8. The molecule has 2 aromatic rings. The smallest absolute Gasteiger partial charge is 0.239 e. The molecule has 1 amide bonds. The number of imidazole rings is 1. The quantitative estimate of drug-likeness (QED) is 0.876. The van der Waals surface area contributed by atoms with E-state index in [0.717, 1.165) is 37.3 Å². The Labute approximate surface area is 147 Å². The fraction of sp³-hybridized carbons (Fsp3) is 0.474. The molecule has 2 heterocycles. The number of benzene rings is 1. The molecule has 0 radical (unpaired) electrons. The van der Waals surface area contributed by atoms with Crippen molar-refractivity contribution >= 4 is 5.91 Å². The van der Waals surface area contributed by atoms with Crippen LogP contribution in [-0.2, 0) is 17.9 Å². The number of hydrogen-bond donors (Lipinski definition) is 1. The van der Waals surface area contributed by atoms with Crippen LogP contribution in [0.1, 0.15) is 37.1 Å². The van der Waals surface area contributed by atoms with Gasteiger partial charge in [0, 0.05) is 45.0 Å². The second-order valence-electron chi connectivity index (χ2n) is 6.77. The normalized spacial score (nSPS) is 17.8. The molecule has 0 spiro atoms. The highest BCUT2D eigenvalue weighted by atomic mass is 19.1. The summed E-state index contributed by atoms with van der Waals surface area (Å²) >= 11 is 0. The molecule has 0 saturated heterocycles. The van der Waals surface area contributed by atoms with Crippen molar-refractivity contribution in [3.05, 3.63) is 53.9 Å². The summed E-state index contributed by atoms with van der Waals surface area (Å²) in [5, 5.41) is 3.34. The summed E-state index contributed by atoms with van der Waals surface area (Å²) in [6, 6.07) is 6.07. The van der Waals surface area contributed by atoms with Gasteiger partial charge in [0.25, 0.3) is 0 Å². The van der Waals surface area contributed by atoms with Crippen LogP contribution in [0.15, 0.2) is 36.7 Å². The Bertz CT molecular complexity index is 730. The molecule has 2 atom stereocenters. The first kappa shape index (κ1) is 17.6. The van der Waals surface area contributed by atoms with Gasteiger partial charge in [0.2, 0.25) is 5.91 Å². The number of aromatic nitrogens is 2. The predicted molar refractivity (Wildman–Crippen MR) is 94.5 cm³/mol. The van der Waals surface area contributed by atoms with Crippen molar-refractivity contribution < 1.29 is 9.18 Å². The lowest BCUT2D eigenvalue weighted by molar-refractivity contribution is -0.132. The van der Waals surface area contributed by atoms with Crippen molar-refractivity contribution in [2.45, 2.75) is 44.8 Å². The number of carbonyl (C=O) groups is 1.